The predicted molar refractivity (Wildman–Crippen MR) is 71.8 cm³/mol. The Morgan fingerprint density at radius 2 is 1.94 bits per heavy atom. The van der Waals surface area contributed by atoms with Crippen LogP contribution in [0.25, 0.3) is 0 Å². The second-order valence-electron chi connectivity index (χ2n) is 3.74. The summed E-state index contributed by atoms with van der Waals surface area (Å²) in [6.07, 6.45) is 4.82. The van der Waals surface area contributed by atoms with Crippen LogP contribution in [0.5, 0.6) is 0 Å². The highest BCUT2D eigenvalue weighted by Gasteiger charge is 2.12. The Kier molecular flexibility index (Phi) is 9.02. The van der Waals surface area contributed by atoms with E-state index in [-0.39, 0.29) is 0 Å². The Bertz CT molecular complexity index is 298. The number of carbonyl (C=O) groups excluding carboxylic acids is 1. The first-order valence-electron chi connectivity index (χ1n) is 6.32. The molecule has 3 heteroatoms. The summed E-state index contributed by atoms with van der Waals surface area (Å²) in [6.45, 7) is 6.93. The van der Waals surface area contributed by atoms with E-state index in [0.717, 1.165) is 25.1 Å². The van der Waals surface area contributed by atoms with Gasteiger partial charge >= 0.3 is 0 Å². The maximum Gasteiger partial charge on any atom is 0.222 e. The Hall–Kier alpha value is -1.38. The zero-order valence-corrected chi connectivity index (χ0v) is 11.4. The van der Waals surface area contributed by atoms with E-state index in [9.17, 15) is 4.79 Å². The molecule has 96 valence electrons. The molecule has 17 heavy (non-hydrogen) atoms. The van der Waals surface area contributed by atoms with Gasteiger partial charge in [-0.15, -0.1) is 0 Å². The minimum Gasteiger partial charge on any atom is -0.346 e. The van der Waals surface area contributed by atoms with Gasteiger partial charge in [-0.05, 0) is 31.9 Å². The van der Waals surface area contributed by atoms with Crippen molar-refractivity contribution in [2.75, 3.05) is 13.6 Å². The molecule has 0 atom stereocenters. The van der Waals surface area contributed by atoms with Gasteiger partial charge in [-0.2, -0.15) is 0 Å². The molecule has 1 aliphatic rings. The highest BCUT2D eigenvalue weighted by atomic mass is 16.2. The van der Waals surface area contributed by atoms with E-state index >= 15 is 0 Å². The average molecular weight is 236 g/mol. The predicted octanol–water partition coefficient (Wildman–Crippen LogP) is 3.04. The SMILES string of the molecule is CC.CN1CCCCC1=O.Cc1ccccn1. The van der Waals surface area contributed by atoms with Crippen LogP contribution >= 0.6 is 0 Å². The normalized spacial score (nSPS) is 14.1. The van der Waals surface area contributed by atoms with E-state index in [0.29, 0.717) is 5.91 Å². The molecule has 0 bridgehead atoms. The molecule has 0 aliphatic carbocycles. The molecule has 1 aliphatic heterocycles. The third-order valence-corrected chi connectivity index (χ3v) is 2.37. The third-order valence-electron chi connectivity index (χ3n) is 2.37. The van der Waals surface area contributed by atoms with Crippen LogP contribution in [0.15, 0.2) is 24.4 Å². The van der Waals surface area contributed by atoms with E-state index in [1.807, 2.05) is 46.0 Å². The first-order valence-corrected chi connectivity index (χ1v) is 6.32. The standard InChI is InChI=1S/C6H11NO.C6H7N.C2H6/c1-7-5-3-2-4-6(7)8;1-6-4-2-3-5-7-6;1-2/h2-5H2,1H3;2-5H,1H3;1-2H3. The number of pyridine rings is 1. The summed E-state index contributed by atoms with van der Waals surface area (Å²) in [7, 11) is 1.86. The Labute approximate surface area is 105 Å². The largest absolute Gasteiger partial charge is 0.346 e. The molecule has 3 nitrogen and oxygen atoms in total. The summed E-state index contributed by atoms with van der Waals surface area (Å²) in [4.78, 5) is 16.5. The number of rotatable bonds is 0. The first kappa shape index (κ1) is 15.6. The molecule has 1 aromatic rings. The molecule has 1 aromatic heterocycles. The summed E-state index contributed by atoms with van der Waals surface area (Å²) in [6, 6.07) is 5.86. The number of amides is 1. The smallest absolute Gasteiger partial charge is 0.222 e. The number of hydrogen-bond acceptors (Lipinski definition) is 2. The number of piperidine rings is 1. The molecule has 1 saturated heterocycles. The van der Waals surface area contributed by atoms with Crippen LogP contribution in [0.1, 0.15) is 38.8 Å². The molecule has 0 radical (unpaired) electrons. The molecule has 0 aromatic carbocycles. The summed E-state index contributed by atoms with van der Waals surface area (Å²) in [5.74, 6) is 0.302. The second-order valence-corrected chi connectivity index (χ2v) is 3.74. The topological polar surface area (TPSA) is 33.2 Å². The van der Waals surface area contributed by atoms with E-state index in [2.05, 4.69) is 4.98 Å². The highest BCUT2D eigenvalue weighted by molar-refractivity contribution is 5.76. The highest BCUT2D eigenvalue weighted by Crippen LogP contribution is 2.06. The van der Waals surface area contributed by atoms with Gasteiger partial charge in [0.1, 0.15) is 0 Å². The fourth-order valence-corrected chi connectivity index (χ4v) is 1.39. The van der Waals surface area contributed by atoms with Gasteiger partial charge in [-0.25, -0.2) is 0 Å². The van der Waals surface area contributed by atoms with Crippen LogP contribution < -0.4 is 0 Å². The van der Waals surface area contributed by atoms with Crippen LogP contribution in [0.3, 0.4) is 0 Å². The molecule has 1 amide bonds. The molecule has 1 fully saturated rings. The third kappa shape index (κ3) is 7.50. The maximum atomic E-state index is 10.7. The van der Waals surface area contributed by atoms with Crippen LogP contribution in [0.2, 0.25) is 0 Å². The van der Waals surface area contributed by atoms with Crippen LogP contribution in [-0.4, -0.2) is 29.4 Å². The minimum atomic E-state index is 0.302. The van der Waals surface area contributed by atoms with Crippen molar-refractivity contribution in [2.24, 2.45) is 0 Å². The number of nitrogens with zero attached hydrogens (tertiary/aromatic N) is 2. The van der Waals surface area contributed by atoms with Crippen molar-refractivity contribution in [3.8, 4) is 0 Å². The van der Waals surface area contributed by atoms with Gasteiger partial charge in [0.15, 0.2) is 0 Å². The van der Waals surface area contributed by atoms with Crippen molar-refractivity contribution < 1.29 is 4.79 Å². The van der Waals surface area contributed by atoms with E-state index in [4.69, 9.17) is 0 Å². The van der Waals surface area contributed by atoms with Crippen molar-refractivity contribution in [1.29, 1.82) is 0 Å². The van der Waals surface area contributed by atoms with E-state index in [1.54, 1.807) is 11.1 Å². The van der Waals surface area contributed by atoms with Crippen molar-refractivity contribution in [2.45, 2.75) is 40.0 Å². The number of likely N-dealkylation sites (tertiary alicyclic amines) is 1. The van der Waals surface area contributed by atoms with E-state index < -0.39 is 0 Å². The zero-order valence-electron chi connectivity index (χ0n) is 11.4. The lowest BCUT2D eigenvalue weighted by atomic mass is 10.1. The van der Waals surface area contributed by atoms with Crippen LogP contribution in [0.4, 0.5) is 0 Å². The Morgan fingerprint density at radius 3 is 2.24 bits per heavy atom. The zero-order chi connectivity index (χ0) is 13.1. The summed E-state index contributed by atoms with van der Waals surface area (Å²) >= 11 is 0. The lowest BCUT2D eigenvalue weighted by Gasteiger charge is -2.21. The van der Waals surface area contributed by atoms with Crippen molar-refractivity contribution in [1.82, 2.24) is 9.88 Å². The second kappa shape index (κ2) is 9.82. The average Bonchev–Trinajstić information content (AvgIpc) is 2.37. The monoisotopic (exact) mass is 236 g/mol. The van der Waals surface area contributed by atoms with Gasteiger partial charge in [0.25, 0.3) is 0 Å². The molecular weight excluding hydrogens is 212 g/mol. The quantitative estimate of drug-likeness (QED) is 0.693. The van der Waals surface area contributed by atoms with Gasteiger partial charge in [-0.1, -0.05) is 19.9 Å². The molecule has 0 unspecified atom stereocenters. The fraction of sp³-hybridized carbons (Fsp3) is 0.571. The molecule has 0 spiro atoms. The number of carbonyl (C=O) groups is 1. The maximum absolute atomic E-state index is 10.7. The van der Waals surface area contributed by atoms with Gasteiger partial charge in [0.05, 0.1) is 0 Å². The lowest BCUT2D eigenvalue weighted by Crippen LogP contribution is -2.31. The van der Waals surface area contributed by atoms with Crippen LogP contribution in [0, 0.1) is 6.92 Å². The lowest BCUT2D eigenvalue weighted by molar-refractivity contribution is -0.131. The molecule has 0 saturated carbocycles. The van der Waals surface area contributed by atoms with Crippen molar-refractivity contribution in [3.63, 3.8) is 0 Å². The number of hydrogen-bond donors (Lipinski definition) is 0. The number of aryl methyl sites for hydroxylation is 1. The summed E-state index contributed by atoms with van der Waals surface area (Å²) in [5, 5.41) is 0. The fourth-order valence-electron chi connectivity index (χ4n) is 1.39. The summed E-state index contributed by atoms with van der Waals surface area (Å²) < 4.78 is 0. The number of aromatic nitrogens is 1. The first-order chi connectivity index (χ1) is 8.20. The minimum absolute atomic E-state index is 0.302. The van der Waals surface area contributed by atoms with Gasteiger partial charge in [0, 0.05) is 31.9 Å². The Morgan fingerprint density at radius 1 is 1.24 bits per heavy atom. The van der Waals surface area contributed by atoms with E-state index in [1.165, 1.54) is 6.42 Å². The molecule has 0 N–H and O–H groups in total. The molecule has 2 heterocycles. The van der Waals surface area contributed by atoms with Gasteiger partial charge in [-0.3, -0.25) is 9.78 Å². The molecule has 2 rings (SSSR count). The van der Waals surface area contributed by atoms with Crippen LogP contribution in [-0.2, 0) is 4.79 Å². The van der Waals surface area contributed by atoms with Crippen molar-refractivity contribution >= 4 is 5.91 Å². The van der Waals surface area contributed by atoms with Gasteiger partial charge < -0.3 is 4.90 Å². The molecular formula is C14H24N2O. The Balaban J connectivity index is 0.000000265. The van der Waals surface area contributed by atoms with Gasteiger partial charge in [0.2, 0.25) is 5.91 Å². The van der Waals surface area contributed by atoms with Crippen molar-refractivity contribution in [3.05, 3.63) is 30.1 Å². The summed E-state index contributed by atoms with van der Waals surface area (Å²) in [5.41, 5.74) is 1.07.